The maximum absolute atomic E-state index is 12.0. The molecule has 0 fully saturated rings. The van der Waals surface area contributed by atoms with Crippen molar-refractivity contribution in [2.75, 3.05) is 47.5 Å². The number of carbonyl (C=O) groups excluding carboxylic acids is 2. The second kappa shape index (κ2) is 18.4. The van der Waals surface area contributed by atoms with Crippen LogP contribution in [0.1, 0.15) is 84.5 Å². The highest BCUT2D eigenvalue weighted by Crippen LogP contribution is 2.38. The van der Waals surface area contributed by atoms with Crippen LogP contribution in [0.5, 0.6) is 0 Å². The third-order valence-electron chi connectivity index (χ3n) is 4.85. The quantitative estimate of drug-likeness (QED) is 0.102. The third-order valence-corrected chi connectivity index (χ3v) is 5.81. The van der Waals surface area contributed by atoms with Crippen LogP contribution < -0.4 is 4.89 Å². The molecule has 0 aromatic rings. The van der Waals surface area contributed by atoms with Gasteiger partial charge in [-0.3, -0.25) is 14.2 Å². The predicted molar refractivity (Wildman–Crippen MR) is 125 cm³/mol. The van der Waals surface area contributed by atoms with Crippen molar-refractivity contribution in [2.45, 2.75) is 90.6 Å². The molecule has 0 aromatic heterocycles. The zero-order chi connectivity index (χ0) is 25.2. The van der Waals surface area contributed by atoms with Crippen LogP contribution in [0.15, 0.2) is 0 Å². The zero-order valence-electron chi connectivity index (χ0n) is 21.3. The summed E-state index contributed by atoms with van der Waals surface area (Å²) in [6.45, 7) is 3.73. The first-order valence-electron chi connectivity index (χ1n) is 12.2. The molecule has 0 heterocycles. The fraction of sp³-hybridized carbons (Fsp3) is 0.913. The highest BCUT2D eigenvalue weighted by molar-refractivity contribution is 7.45. The molecule has 33 heavy (non-hydrogen) atoms. The summed E-state index contributed by atoms with van der Waals surface area (Å²) in [7, 11) is 1.16. The van der Waals surface area contributed by atoms with Gasteiger partial charge >= 0.3 is 11.9 Å². The number of rotatable bonds is 21. The van der Waals surface area contributed by atoms with Crippen molar-refractivity contribution in [1.82, 2.24) is 0 Å². The lowest BCUT2D eigenvalue weighted by Gasteiger charge is -2.28. The Morgan fingerprint density at radius 3 is 2.00 bits per heavy atom. The van der Waals surface area contributed by atoms with Crippen LogP contribution in [0, 0.1) is 0 Å². The Balaban J connectivity index is 4.37. The number of hydrogen-bond acceptors (Lipinski definition) is 8. The number of ether oxygens (including phenoxy) is 2. The van der Waals surface area contributed by atoms with Crippen LogP contribution in [-0.4, -0.2) is 70.0 Å². The molecule has 10 heteroatoms. The number of unbranched alkanes of at least 4 members (excludes halogenated alkanes) is 7. The van der Waals surface area contributed by atoms with Gasteiger partial charge in [-0.2, -0.15) is 0 Å². The van der Waals surface area contributed by atoms with Crippen LogP contribution in [-0.2, 0) is 32.7 Å². The Bertz CT molecular complexity index is 579. The second-order valence-electron chi connectivity index (χ2n) is 9.36. The number of quaternary nitrogens is 1. The summed E-state index contributed by atoms with van der Waals surface area (Å²) < 4.78 is 32.7. The van der Waals surface area contributed by atoms with E-state index in [4.69, 9.17) is 18.5 Å². The number of phosphoric acid groups is 1. The summed E-state index contributed by atoms with van der Waals surface area (Å²) in [6.07, 6.45) is 8.96. The first-order chi connectivity index (χ1) is 15.5. The average Bonchev–Trinajstić information content (AvgIpc) is 2.71. The average molecular weight is 496 g/mol. The fourth-order valence-electron chi connectivity index (χ4n) is 2.86. The largest absolute Gasteiger partial charge is 0.756 e. The summed E-state index contributed by atoms with van der Waals surface area (Å²) in [6, 6.07) is 0. The van der Waals surface area contributed by atoms with Gasteiger partial charge in [0, 0.05) is 12.8 Å². The van der Waals surface area contributed by atoms with Crippen molar-refractivity contribution in [1.29, 1.82) is 0 Å². The Labute approximate surface area is 200 Å². The lowest BCUT2D eigenvalue weighted by Crippen LogP contribution is -2.37. The standard InChI is InChI=1S/C23H46NO8P/c1-6-8-9-10-11-12-13-14-16-22(25)29-19-21(32-23(26)15-7-2)20-31-33(27,28)30-18-17-24(3,4)5/h21H,6-20H2,1-5H3/t21-/m1/s1. The molecule has 0 spiro atoms. The number of carbonyl (C=O) groups is 2. The lowest BCUT2D eigenvalue weighted by atomic mass is 10.1. The summed E-state index contributed by atoms with van der Waals surface area (Å²) in [5, 5.41) is 0. The van der Waals surface area contributed by atoms with E-state index in [0.29, 0.717) is 17.4 Å². The molecule has 0 radical (unpaired) electrons. The highest BCUT2D eigenvalue weighted by atomic mass is 31.2. The molecule has 9 nitrogen and oxygen atoms in total. The van der Waals surface area contributed by atoms with Gasteiger partial charge in [0.15, 0.2) is 6.10 Å². The van der Waals surface area contributed by atoms with E-state index in [9.17, 15) is 19.0 Å². The summed E-state index contributed by atoms with van der Waals surface area (Å²) >= 11 is 0. The van der Waals surface area contributed by atoms with Gasteiger partial charge in [-0.15, -0.1) is 0 Å². The van der Waals surface area contributed by atoms with Crippen LogP contribution in [0.25, 0.3) is 0 Å². The van der Waals surface area contributed by atoms with E-state index in [2.05, 4.69) is 6.92 Å². The lowest BCUT2D eigenvalue weighted by molar-refractivity contribution is -0.870. The molecule has 0 aromatic carbocycles. The van der Waals surface area contributed by atoms with Crippen molar-refractivity contribution in [3.63, 3.8) is 0 Å². The van der Waals surface area contributed by atoms with Crippen molar-refractivity contribution in [3.05, 3.63) is 0 Å². The monoisotopic (exact) mass is 495 g/mol. The zero-order valence-corrected chi connectivity index (χ0v) is 22.2. The first kappa shape index (κ1) is 32.0. The Morgan fingerprint density at radius 1 is 0.818 bits per heavy atom. The maximum atomic E-state index is 12.0. The van der Waals surface area contributed by atoms with Crippen LogP contribution in [0.2, 0.25) is 0 Å². The normalized spacial score (nSPS) is 14.5. The number of nitrogens with zero attached hydrogens (tertiary/aromatic N) is 1. The van der Waals surface area contributed by atoms with Gasteiger partial charge in [0.05, 0.1) is 27.7 Å². The molecule has 0 saturated heterocycles. The van der Waals surface area contributed by atoms with Crippen molar-refractivity contribution in [3.8, 4) is 0 Å². The van der Waals surface area contributed by atoms with Crippen LogP contribution in [0.3, 0.4) is 0 Å². The van der Waals surface area contributed by atoms with Crippen LogP contribution in [0.4, 0.5) is 0 Å². The number of likely N-dealkylation sites (N-methyl/N-ethyl adjacent to an activating group) is 1. The van der Waals surface area contributed by atoms with Gasteiger partial charge < -0.3 is 27.9 Å². The van der Waals surface area contributed by atoms with Crippen molar-refractivity contribution >= 4 is 19.8 Å². The van der Waals surface area contributed by atoms with Crippen molar-refractivity contribution < 1.29 is 42.1 Å². The molecule has 0 amide bonds. The Hall–Kier alpha value is -0.990. The van der Waals surface area contributed by atoms with E-state index >= 15 is 0 Å². The fourth-order valence-corrected chi connectivity index (χ4v) is 3.59. The highest BCUT2D eigenvalue weighted by Gasteiger charge is 2.21. The number of hydrogen-bond donors (Lipinski definition) is 0. The molecule has 2 atom stereocenters. The molecule has 0 bridgehead atoms. The van der Waals surface area contributed by atoms with E-state index in [1.54, 1.807) is 0 Å². The molecule has 0 saturated carbocycles. The van der Waals surface area contributed by atoms with Crippen LogP contribution >= 0.6 is 7.82 Å². The Kier molecular flexibility index (Phi) is 17.8. The second-order valence-corrected chi connectivity index (χ2v) is 10.8. The van der Waals surface area contributed by atoms with E-state index in [1.807, 2.05) is 28.1 Å². The molecular weight excluding hydrogens is 449 g/mol. The van der Waals surface area contributed by atoms with Gasteiger partial charge in [0.2, 0.25) is 0 Å². The first-order valence-corrected chi connectivity index (χ1v) is 13.7. The SMILES string of the molecule is CCCCCCCCCCC(=O)OC[C@H](COP(=O)([O-])OCC[N+](C)(C)C)OC(=O)CCC. The van der Waals surface area contributed by atoms with E-state index in [-0.39, 0.29) is 26.1 Å². The molecule has 0 rings (SSSR count). The maximum Gasteiger partial charge on any atom is 0.306 e. The van der Waals surface area contributed by atoms with Gasteiger partial charge in [-0.25, -0.2) is 0 Å². The summed E-state index contributed by atoms with van der Waals surface area (Å²) in [5.74, 6) is -0.904. The smallest absolute Gasteiger partial charge is 0.306 e. The molecule has 0 aliphatic heterocycles. The molecule has 196 valence electrons. The minimum atomic E-state index is -4.57. The topological polar surface area (TPSA) is 111 Å². The third kappa shape index (κ3) is 21.3. The predicted octanol–water partition coefficient (Wildman–Crippen LogP) is 3.98. The molecule has 0 N–H and O–H groups in total. The van der Waals surface area contributed by atoms with Gasteiger partial charge in [-0.05, 0) is 12.8 Å². The molecule has 0 aliphatic rings. The summed E-state index contributed by atoms with van der Waals surface area (Å²) in [5.41, 5.74) is 0. The van der Waals surface area contributed by atoms with Crippen molar-refractivity contribution in [2.24, 2.45) is 0 Å². The summed E-state index contributed by atoms with van der Waals surface area (Å²) in [4.78, 5) is 35.9. The minimum absolute atomic E-state index is 0.0296. The van der Waals surface area contributed by atoms with E-state index in [0.717, 1.165) is 19.3 Å². The molecule has 0 aliphatic carbocycles. The number of phosphoric ester groups is 1. The van der Waals surface area contributed by atoms with E-state index in [1.165, 1.54) is 32.1 Å². The number of esters is 2. The van der Waals surface area contributed by atoms with Gasteiger partial charge in [0.1, 0.15) is 19.8 Å². The van der Waals surface area contributed by atoms with E-state index < -0.39 is 32.5 Å². The molecular formula is C23H46NO8P. The minimum Gasteiger partial charge on any atom is -0.756 e. The van der Waals surface area contributed by atoms with Gasteiger partial charge in [-0.1, -0.05) is 58.8 Å². The van der Waals surface area contributed by atoms with Gasteiger partial charge in [0.25, 0.3) is 7.82 Å². The molecule has 1 unspecified atom stereocenters. The Morgan fingerprint density at radius 2 is 1.42 bits per heavy atom.